The van der Waals surface area contributed by atoms with Crippen molar-refractivity contribution < 1.29 is 18.8 Å². The van der Waals surface area contributed by atoms with Gasteiger partial charge in [0.2, 0.25) is 0 Å². The number of benzene rings is 2. The third-order valence-electron chi connectivity index (χ3n) is 6.52. The van der Waals surface area contributed by atoms with Gasteiger partial charge in [-0.15, -0.1) is 0 Å². The quantitative estimate of drug-likeness (QED) is 0.220. The average molecular weight is 610 g/mol. The van der Waals surface area contributed by atoms with Crippen LogP contribution in [0.25, 0.3) is 22.5 Å². The summed E-state index contributed by atoms with van der Waals surface area (Å²) >= 11 is 3.67. The van der Waals surface area contributed by atoms with Gasteiger partial charge in [-0.05, 0) is 52.3 Å². The lowest BCUT2D eigenvalue weighted by atomic mass is 9.93. The van der Waals surface area contributed by atoms with Gasteiger partial charge in [-0.1, -0.05) is 38.1 Å². The molecule has 0 spiro atoms. The molecule has 2 amide bonds. The van der Waals surface area contributed by atoms with Crippen molar-refractivity contribution in [2.24, 2.45) is 0 Å². The number of urea groups is 1. The number of halogens is 1. The Labute approximate surface area is 241 Å². The van der Waals surface area contributed by atoms with Gasteiger partial charge in [0, 0.05) is 52.4 Å². The molecule has 3 N–H and O–H groups in total. The number of nitrogens with one attached hydrogen (secondary N) is 3. The largest absolute Gasteiger partial charge is 0.492 e. The molecule has 0 unspecified atom stereocenters. The minimum Gasteiger partial charge on any atom is -0.492 e. The zero-order valence-corrected chi connectivity index (χ0v) is 24.4. The van der Waals surface area contributed by atoms with Gasteiger partial charge >= 0.3 is 6.03 Å². The molecule has 210 valence electrons. The summed E-state index contributed by atoms with van der Waals surface area (Å²) < 4.78 is 17.6. The molecule has 1 aliphatic heterocycles. The fourth-order valence-corrected chi connectivity index (χ4v) is 4.79. The van der Waals surface area contributed by atoms with Crippen LogP contribution in [-0.4, -0.2) is 65.7 Å². The number of anilines is 2. The standard InChI is InChI=1S/C29H33BrN6O4/c1-29(2,3)26-18-27(35-40-26)32-28(37)31-20-6-4-19(5-7-20)24-17-25(34-33-24)22-9-8-21(16-23(22)30)39-15-12-36-10-13-38-14-11-36/h4-9,16-18H,10-15H2,1-3H3,(H,33,34)(H2,31,32,35,37). The van der Waals surface area contributed by atoms with Crippen LogP contribution in [0.15, 0.2) is 63.6 Å². The first-order chi connectivity index (χ1) is 19.2. The molecule has 40 heavy (non-hydrogen) atoms. The summed E-state index contributed by atoms with van der Waals surface area (Å²) in [6.07, 6.45) is 0. The molecule has 2 aromatic heterocycles. The highest BCUT2D eigenvalue weighted by Gasteiger charge is 2.20. The highest BCUT2D eigenvalue weighted by atomic mass is 79.9. The van der Waals surface area contributed by atoms with Crippen molar-refractivity contribution in [1.82, 2.24) is 20.3 Å². The molecule has 0 bridgehead atoms. The molecule has 0 radical (unpaired) electrons. The van der Waals surface area contributed by atoms with E-state index in [1.54, 1.807) is 6.07 Å². The molecule has 1 aliphatic rings. The number of rotatable bonds is 8. The van der Waals surface area contributed by atoms with Gasteiger partial charge in [-0.2, -0.15) is 5.10 Å². The normalized spacial score (nSPS) is 14.2. The Morgan fingerprint density at radius 3 is 2.55 bits per heavy atom. The van der Waals surface area contributed by atoms with Crippen molar-refractivity contribution in [2.45, 2.75) is 26.2 Å². The smallest absolute Gasteiger partial charge is 0.324 e. The number of hydrogen-bond acceptors (Lipinski definition) is 7. The van der Waals surface area contributed by atoms with E-state index in [1.807, 2.05) is 69.3 Å². The minimum absolute atomic E-state index is 0.192. The van der Waals surface area contributed by atoms with E-state index in [9.17, 15) is 4.79 Å². The van der Waals surface area contributed by atoms with E-state index in [2.05, 4.69) is 46.8 Å². The van der Waals surface area contributed by atoms with Crippen LogP contribution >= 0.6 is 15.9 Å². The SMILES string of the molecule is CC(C)(C)c1cc(NC(=O)Nc2ccc(-c3cc(-c4ccc(OCCN5CCOCC5)cc4Br)[nH]n3)cc2)no1. The van der Waals surface area contributed by atoms with Gasteiger partial charge in [-0.3, -0.25) is 15.3 Å². The van der Waals surface area contributed by atoms with Crippen LogP contribution in [0, 0.1) is 0 Å². The number of ether oxygens (including phenoxy) is 2. The topological polar surface area (TPSA) is 118 Å². The Kier molecular flexibility index (Phi) is 8.53. The highest BCUT2D eigenvalue weighted by molar-refractivity contribution is 9.10. The van der Waals surface area contributed by atoms with Crippen LogP contribution in [0.4, 0.5) is 16.3 Å². The molecule has 5 rings (SSSR count). The molecule has 1 fully saturated rings. The summed E-state index contributed by atoms with van der Waals surface area (Å²) in [5, 5.41) is 17.0. The summed E-state index contributed by atoms with van der Waals surface area (Å²) in [7, 11) is 0. The molecule has 1 saturated heterocycles. The van der Waals surface area contributed by atoms with Crippen LogP contribution in [0.5, 0.6) is 5.75 Å². The van der Waals surface area contributed by atoms with Crippen molar-refractivity contribution in [1.29, 1.82) is 0 Å². The van der Waals surface area contributed by atoms with E-state index in [0.29, 0.717) is 23.9 Å². The van der Waals surface area contributed by atoms with Gasteiger partial charge in [-0.25, -0.2) is 4.79 Å². The van der Waals surface area contributed by atoms with E-state index in [4.69, 9.17) is 14.0 Å². The van der Waals surface area contributed by atoms with Crippen molar-refractivity contribution in [3.63, 3.8) is 0 Å². The first kappa shape index (κ1) is 27.9. The van der Waals surface area contributed by atoms with Gasteiger partial charge in [0.1, 0.15) is 18.1 Å². The third-order valence-corrected chi connectivity index (χ3v) is 7.17. The number of carbonyl (C=O) groups is 1. The van der Waals surface area contributed by atoms with E-state index in [0.717, 1.165) is 65.6 Å². The Morgan fingerprint density at radius 1 is 1.07 bits per heavy atom. The molecular formula is C29H33BrN6O4. The van der Waals surface area contributed by atoms with Gasteiger partial charge in [0.05, 0.1) is 24.6 Å². The Bertz CT molecular complexity index is 1440. The lowest BCUT2D eigenvalue weighted by Gasteiger charge is -2.26. The van der Waals surface area contributed by atoms with Crippen molar-refractivity contribution in [2.75, 3.05) is 50.1 Å². The maximum atomic E-state index is 12.4. The fraction of sp³-hybridized carbons (Fsp3) is 0.345. The van der Waals surface area contributed by atoms with Crippen LogP contribution in [0.3, 0.4) is 0 Å². The maximum absolute atomic E-state index is 12.4. The van der Waals surface area contributed by atoms with Crippen molar-refractivity contribution in [3.05, 3.63) is 64.8 Å². The van der Waals surface area contributed by atoms with Crippen LogP contribution < -0.4 is 15.4 Å². The Hall–Kier alpha value is -3.67. The predicted molar refractivity (Wildman–Crippen MR) is 158 cm³/mol. The van der Waals surface area contributed by atoms with Crippen molar-refractivity contribution >= 4 is 33.5 Å². The molecule has 4 aromatic rings. The third kappa shape index (κ3) is 7.09. The summed E-state index contributed by atoms with van der Waals surface area (Å²) in [5.41, 5.74) is 4.02. The van der Waals surface area contributed by atoms with Crippen LogP contribution in [-0.2, 0) is 10.2 Å². The summed E-state index contributed by atoms with van der Waals surface area (Å²) in [5.74, 6) is 1.87. The minimum atomic E-state index is -0.401. The van der Waals surface area contributed by atoms with E-state index in [1.165, 1.54) is 0 Å². The number of morpholine rings is 1. The summed E-state index contributed by atoms with van der Waals surface area (Å²) in [6.45, 7) is 11.0. The number of H-pyrrole nitrogens is 1. The number of amides is 2. The highest BCUT2D eigenvalue weighted by Crippen LogP contribution is 2.32. The second-order valence-electron chi connectivity index (χ2n) is 10.6. The molecule has 11 heteroatoms. The molecule has 10 nitrogen and oxygen atoms in total. The van der Waals surface area contributed by atoms with Gasteiger partial charge in [0.15, 0.2) is 5.82 Å². The Morgan fingerprint density at radius 2 is 1.85 bits per heavy atom. The Balaban J connectivity index is 1.16. The number of hydrogen-bond donors (Lipinski definition) is 3. The summed E-state index contributed by atoms with van der Waals surface area (Å²) in [4.78, 5) is 14.7. The van der Waals surface area contributed by atoms with Gasteiger partial charge in [0.25, 0.3) is 0 Å². The van der Waals surface area contributed by atoms with Gasteiger partial charge < -0.3 is 19.3 Å². The first-order valence-corrected chi connectivity index (χ1v) is 14.0. The van der Waals surface area contributed by atoms with Crippen LogP contribution in [0.2, 0.25) is 0 Å². The average Bonchev–Trinajstić information content (AvgIpc) is 3.60. The summed E-state index contributed by atoms with van der Waals surface area (Å²) in [6, 6.07) is 16.7. The van der Waals surface area contributed by atoms with Crippen molar-refractivity contribution in [3.8, 4) is 28.3 Å². The number of aromatic amines is 1. The second-order valence-corrected chi connectivity index (χ2v) is 11.4. The number of carbonyl (C=O) groups excluding carboxylic acids is 1. The molecule has 0 atom stereocenters. The molecule has 0 aliphatic carbocycles. The zero-order chi connectivity index (χ0) is 28.1. The number of aromatic nitrogens is 3. The lowest BCUT2D eigenvalue weighted by Crippen LogP contribution is -2.38. The van der Waals surface area contributed by atoms with E-state index >= 15 is 0 Å². The molecule has 0 saturated carbocycles. The molecule has 2 aromatic carbocycles. The zero-order valence-electron chi connectivity index (χ0n) is 22.8. The lowest BCUT2D eigenvalue weighted by molar-refractivity contribution is 0.0322. The van der Waals surface area contributed by atoms with E-state index in [-0.39, 0.29) is 5.41 Å². The number of nitrogens with zero attached hydrogens (tertiary/aromatic N) is 3. The molecular weight excluding hydrogens is 576 g/mol. The predicted octanol–water partition coefficient (Wildman–Crippen LogP) is 6.15. The first-order valence-electron chi connectivity index (χ1n) is 13.2. The maximum Gasteiger partial charge on any atom is 0.324 e. The monoisotopic (exact) mass is 608 g/mol. The molecule has 3 heterocycles. The van der Waals surface area contributed by atoms with Crippen LogP contribution in [0.1, 0.15) is 26.5 Å². The second kappa shape index (κ2) is 12.2. The fourth-order valence-electron chi connectivity index (χ4n) is 4.22. The van der Waals surface area contributed by atoms with E-state index < -0.39 is 6.03 Å².